The number of allylic oxidation sites excluding steroid dienone is 1. The first-order valence-electron chi connectivity index (χ1n) is 3.55. The molecular formula is C8H14N2. The minimum atomic E-state index is 0.446. The maximum Gasteiger partial charge on any atom is 0.0745 e. The molecule has 0 rings (SSSR count). The topological polar surface area (TPSA) is 27.0 Å². The number of rotatable bonds is 4. The van der Waals surface area contributed by atoms with Crippen LogP contribution >= 0.6 is 0 Å². The Morgan fingerprint density at radius 2 is 2.00 bits per heavy atom. The average molecular weight is 138 g/mol. The molecule has 0 unspecified atom stereocenters. The molecule has 0 saturated carbocycles. The lowest BCUT2D eigenvalue weighted by molar-refractivity contribution is 0.378. The highest BCUT2D eigenvalue weighted by atomic mass is 15.1. The Hall–Kier alpha value is -0.970. The monoisotopic (exact) mass is 138 g/mol. The Morgan fingerprint density at radius 3 is 2.30 bits per heavy atom. The van der Waals surface area contributed by atoms with Crippen LogP contribution in [0.3, 0.4) is 0 Å². The zero-order valence-corrected chi connectivity index (χ0v) is 6.72. The SMILES string of the molecule is C=C(CC#N)N(CC)CC. The number of nitrogens with zero attached hydrogens (tertiary/aromatic N) is 2. The van der Waals surface area contributed by atoms with Crippen LogP contribution in [0.25, 0.3) is 0 Å². The Morgan fingerprint density at radius 1 is 1.50 bits per heavy atom. The van der Waals surface area contributed by atoms with Crippen LogP contribution < -0.4 is 0 Å². The maximum absolute atomic E-state index is 8.34. The molecule has 0 saturated heterocycles. The second kappa shape index (κ2) is 4.87. The molecule has 0 amide bonds. The van der Waals surface area contributed by atoms with Gasteiger partial charge in [-0.15, -0.1) is 0 Å². The van der Waals surface area contributed by atoms with Gasteiger partial charge in [-0.2, -0.15) is 5.26 Å². The van der Waals surface area contributed by atoms with E-state index >= 15 is 0 Å². The third-order valence-electron chi connectivity index (χ3n) is 1.49. The first-order chi connectivity index (χ1) is 4.76. The van der Waals surface area contributed by atoms with Crippen LogP contribution in [0.5, 0.6) is 0 Å². The lowest BCUT2D eigenvalue weighted by atomic mass is 10.3. The zero-order chi connectivity index (χ0) is 7.98. The molecule has 0 aliphatic rings. The summed E-state index contributed by atoms with van der Waals surface area (Å²) in [6.45, 7) is 9.80. The lowest BCUT2D eigenvalue weighted by Gasteiger charge is -2.21. The van der Waals surface area contributed by atoms with Crippen LogP contribution in [0.4, 0.5) is 0 Å². The molecule has 0 N–H and O–H groups in total. The van der Waals surface area contributed by atoms with Gasteiger partial charge in [-0.05, 0) is 13.8 Å². The first-order valence-corrected chi connectivity index (χ1v) is 3.55. The van der Waals surface area contributed by atoms with Crippen molar-refractivity contribution in [3.8, 4) is 6.07 Å². The van der Waals surface area contributed by atoms with Crippen molar-refractivity contribution < 1.29 is 0 Å². The Balaban J connectivity index is 3.79. The van der Waals surface area contributed by atoms with E-state index in [-0.39, 0.29) is 0 Å². The van der Waals surface area contributed by atoms with Gasteiger partial charge in [0.1, 0.15) is 0 Å². The predicted octanol–water partition coefficient (Wildman–Crippen LogP) is 1.76. The number of hydrogen-bond donors (Lipinski definition) is 0. The molecule has 0 aliphatic heterocycles. The van der Waals surface area contributed by atoms with Gasteiger partial charge in [0.2, 0.25) is 0 Å². The molecule has 0 aromatic heterocycles. The minimum absolute atomic E-state index is 0.446. The van der Waals surface area contributed by atoms with Gasteiger partial charge in [0.05, 0.1) is 12.5 Å². The molecule has 0 heterocycles. The quantitative estimate of drug-likeness (QED) is 0.591. The Bertz CT molecular complexity index is 140. The van der Waals surface area contributed by atoms with Gasteiger partial charge in [0, 0.05) is 18.8 Å². The van der Waals surface area contributed by atoms with Gasteiger partial charge >= 0.3 is 0 Å². The van der Waals surface area contributed by atoms with E-state index in [1.54, 1.807) is 0 Å². The molecule has 0 spiro atoms. The van der Waals surface area contributed by atoms with E-state index in [0.29, 0.717) is 6.42 Å². The number of nitriles is 1. The van der Waals surface area contributed by atoms with Gasteiger partial charge in [0.15, 0.2) is 0 Å². The van der Waals surface area contributed by atoms with E-state index in [9.17, 15) is 0 Å². The van der Waals surface area contributed by atoms with E-state index < -0.39 is 0 Å². The van der Waals surface area contributed by atoms with E-state index in [1.807, 2.05) is 0 Å². The van der Waals surface area contributed by atoms with Crippen molar-refractivity contribution in [3.05, 3.63) is 12.3 Å². The highest BCUT2D eigenvalue weighted by molar-refractivity contribution is 5.00. The first kappa shape index (κ1) is 9.03. The van der Waals surface area contributed by atoms with Gasteiger partial charge in [0.25, 0.3) is 0 Å². The van der Waals surface area contributed by atoms with Crippen LogP contribution in [-0.4, -0.2) is 18.0 Å². The van der Waals surface area contributed by atoms with Gasteiger partial charge in [-0.1, -0.05) is 6.58 Å². The molecule has 2 heteroatoms. The van der Waals surface area contributed by atoms with Crippen molar-refractivity contribution in [1.29, 1.82) is 5.26 Å². The highest BCUT2D eigenvalue weighted by Gasteiger charge is 1.99. The van der Waals surface area contributed by atoms with E-state index in [4.69, 9.17) is 5.26 Å². The normalized spacial score (nSPS) is 8.50. The molecule has 0 aromatic rings. The lowest BCUT2D eigenvalue weighted by Crippen LogP contribution is -2.21. The summed E-state index contributed by atoms with van der Waals surface area (Å²) in [6, 6.07) is 2.08. The van der Waals surface area contributed by atoms with E-state index in [0.717, 1.165) is 18.8 Å². The van der Waals surface area contributed by atoms with Crippen molar-refractivity contribution in [2.75, 3.05) is 13.1 Å². The van der Waals surface area contributed by atoms with Crippen LogP contribution in [0.15, 0.2) is 12.3 Å². The molecule has 0 aliphatic carbocycles. The van der Waals surface area contributed by atoms with Crippen molar-refractivity contribution in [1.82, 2.24) is 4.90 Å². The van der Waals surface area contributed by atoms with Gasteiger partial charge in [-0.3, -0.25) is 0 Å². The third-order valence-corrected chi connectivity index (χ3v) is 1.49. The second-order valence-corrected chi connectivity index (χ2v) is 2.07. The molecule has 56 valence electrons. The molecular weight excluding hydrogens is 124 g/mol. The molecule has 2 nitrogen and oxygen atoms in total. The van der Waals surface area contributed by atoms with Crippen LogP contribution in [0.2, 0.25) is 0 Å². The minimum Gasteiger partial charge on any atom is -0.375 e. The molecule has 0 aromatic carbocycles. The van der Waals surface area contributed by atoms with Crippen LogP contribution in [0, 0.1) is 11.3 Å². The largest absolute Gasteiger partial charge is 0.375 e. The number of hydrogen-bond acceptors (Lipinski definition) is 2. The molecule has 0 atom stereocenters. The van der Waals surface area contributed by atoms with Crippen LogP contribution in [-0.2, 0) is 0 Å². The Labute approximate surface area is 62.8 Å². The van der Waals surface area contributed by atoms with Crippen molar-refractivity contribution in [2.24, 2.45) is 0 Å². The standard InChI is InChI=1S/C8H14N2/c1-4-10(5-2)8(3)6-7-9/h3-6H2,1-2H3. The summed E-state index contributed by atoms with van der Waals surface area (Å²) >= 11 is 0. The second-order valence-electron chi connectivity index (χ2n) is 2.07. The van der Waals surface area contributed by atoms with Gasteiger partial charge in [-0.25, -0.2) is 0 Å². The highest BCUT2D eigenvalue weighted by Crippen LogP contribution is 2.03. The van der Waals surface area contributed by atoms with Crippen molar-refractivity contribution >= 4 is 0 Å². The molecule has 0 fully saturated rings. The third kappa shape index (κ3) is 2.54. The van der Waals surface area contributed by atoms with Gasteiger partial charge < -0.3 is 4.90 Å². The zero-order valence-electron chi connectivity index (χ0n) is 6.72. The average Bonchev–Trinajstić information content (AvgIpc) is 1.91. The molecule has 10 heavy (non-hydrogen) atoms. The predicted molar refractivity (Wildman–Crippen MR) is 42.3 cm³/mol. The van der Waals surface area contributed by atoms with Crippen molar-refractivity contribution in [3.63, 3.8) is 0 Å². The van der Waals surface area contributed by atoms with Crippen LogP contribution in [0.1, 0.15) is 20.3 Å². The fourth-order valence-corrected chi connectivity index (χ4v) is 0.874. The summed E-state index contributed by atoms with van der Waals surface area (Å²) in [5.74, 6) is 0. The fourth-order valence-electron chi connectivity index (χ4n) is 0.874. The summed E-state index contributed by atoms with van der Waals surface area (Å²) in [5.41, 5.74) is 0.924. The summed E-state index contributed by atoms with van der Waals surface area (Å²) in [7, 11) is 0. The fraction of sp³-hybridized carbons (Fsp3) is 0.625. The molecule has 0 bridgehead atoms. The van der Waals surface area contributed by atoms with E-state index in [2.05, 4.69) is 31.4 Å². The smallest absolute Gasteiger partial charge is 0.0745 e. The maximum atomic E-state index is 8.34. The van der Waals surface area contributed by atoms with Crippen molar-refractivity contribution in [2.45, 2.75) is 20.3 Å². The van der Waals surface area contributed by atoms with E-state index in [1.165, 1.54) is 0 Å². The molecule has 0 radical (unpaired) electrons. The Kier molecular flexibility index (Phi) is 4.39. The summed E-state index contributed by atoms with van der Waals surface area (Å²) in [6.07, 6.45) is 0.446. The summed E-state index contributed by atoms with van der Waals surface area (Å²) in [4.78, 5) is 2.09. The summed E-state index contributed by atoms with van der Waals surface area (Å²) in [5, 5.41) is 8.34. The summed E-state index contributed by atoms with van der Waals surface area (Å²) < 4.78 is 0.